The predicted octanol–water partition coefficient (Wildman–Crippen LogP) is 1.29. The van der Waals surface area contributed by atoms with Crippen LogP contribution in [0.5, 0.6) is 0 Å². The molecule has 0 saturated carbocycles. The molecule has 3 nitrogen and oxygen atoms in total. The van der Waals surface area contributed by atoms with Crippen molar-refractivity contribution >= 4 is 21.4 Å². The Bertz CT molecular complexity index is 452. The molecule has 15 heavy (non-hydrogen) atoms. The second kappa shape index (κ2) is 4.28. The summed E-state index contributed by atoms with van der Waals surface area (Å²) in [7, 11) is 0. The summed E-state index contributed by atoms with van der Waals surface area (Å²) < 4.78 is 1.07. The summed E-state index contributed by atoms with van der Waals surface area (Å²) >= 11 is 1.58. The van der Waals surface area contributed by atoms with Gasteiger partial charge in [-0.25, -0.2) is 0 Å². The van der Waals surface area contributed by atoms with Crippen LogP contribution in [-0.2, 0) is 0 Å². The van der Waals surface area contributed by atoms with E-state index < -0.39 is 18.8 Å². The van der Waals surface area contributed by atoms with Crippen LogP contribution in [0.3, 0.4) is 0 Å². The molecule has 4 heteroatoms. The maximum atomic E-state index is 9.68. The lowest BCUT2D eigenvalue weighted by atomic mass is 10.0. The highest BCUT2D eigenvalue weighted by Gasteiger charge is 2.17. The van der Waals surface area contributed by atoms with Gasteiger partial charge in [-0.3, -0.25) is 0 Å². The summed E-state index contributed by atoms with van der Waals surface area (Å²) in [5.74, 6) is 0. The van der Waals surface area contributed by atoms with Crippen LogP contribution in [0.1, 0.15) is 11.7 Å². The zero-order chi connectivity index (χ0) is 10.8. The standard InChI is InChI=1S/C11H12O3S/c12-6-9(13)11(14)8-2-1-7-3-4-15-10(7)5-8/h1-5,9,11-14H,6H2. The van der Waals surface area contributed by atoms with Crippen molar-refractivity contribution < 1.29 is 15.3 Å². The first kappa shape index (κ1) is 10.6. The van der Waals surface area contributed by atoms with E-state index in [1.807, 2.05) is 23.6 Å². The lowest BCUT2D eigenvalue weighted by Crippen LogP contribution is -2.21. The van der Waals surface area contributed by atoms with Crippen LogP contribution in [0.25, 0.3) is 10.1 Å². The van der Waals surface area contributed by atoms with E-state index in [4.69, 9.17) is 5.11 Å². The molecule has 1 heterocycles. The van der Waals surface area contributed by atoms with Gasteiger partial charge in [0.1, 0.15) is 12.2 Å². The monoisotopic (exact) mass is 224 g/mol. The number of hydrogen-bond donors (Lipinski definition) is 3. The summed E-state index contributed by atoms with van der Waals surface area (Å²) in [6.07, 6.45) is -2.15. The first-order chi connectivity index (χ1) is 7.22. The van der Waals surface area contributed by atoms with Crippen molar-refractivity contribution in [2.24, 2.45) is 0 Å². The van der Waals surface area contributed by atoms with Crippen LogP contribution in [-0.4, -0.2) is 28.0 Å². The summed E-state index contributed by atoms with van der Waals surface area (Å²) in [5, 5.41) is 30.8. The number of benzene rings is 1. The molecule has 0 spiro atoms. The maximum Gasteiger partial charge on any atom is 0.107 e. The van der Waals surface area contributed by atoms with E-state index in [2.05, 4.69) is 0 Å². The van der Waals surface area contributed by atoms with Crippen LogP contribution in [0.15, 0.2) is 29.6 Å². The number of aliphatic hydroxyl groups excluding tert-OH is 3. The second-order valence-electron chi connectivity index (χ2n) is 3.41. The van der Waals surface area contributed by atoms with E-state index in [1.165, 1.54) is 0 Å². The molecule has 0 aliphatic heterocycles. The van der Waals surface area contributed by atoms with Gasteiger partial charge in [-0.1, -0.05) is 12.1 Å². The van der Waals surface area contributed by atoms with Crippen LogP contribution in [0.4, 0.5) is 0 Å². The minimum absolute atomic E-state index is 0.441. The van der Waals surface area contributed by atoms with Crippen molar-refractivity contribution in [1.82, 2.24) is 0 Å². The topological polar surface area (TPSA) is 60.7 Å². The van der Waals surface area contributed by atoms with E-state index in [-0.39, 0.29) is 0 Å². The zero-order valence-corrected chi connectivity index (χ0v) is 8.81. The van der Waals surface area contributed by atoms with Gasteiger partial charge >= 0.3 is 0 Å². The van der Waals surface area contributed by atoms with Gasteiger partial charge in [0, 0.05) is 4.70 Å². The number of fused-ring (bicyclic) bond motifs is 1. The first-order valence-electron chi connectivity index (χ1n) is 4.66. The van der Waals surface area contributed by atoms with E-state index >= 15 is 0 Å². The molecule has 1 aromatic carbocycles. The van der Waals surface area contributed by atoms with Crippen molar-refractivity contribution in [3.8, 4) is 0 Å². The Labute approximate surface area is 91.2 Å². The minimum atomic E-state index is -1.12. The lowest BCUT2D eigenvalue weighted by molar-refractivity contribution is -0.0151. The smallest absolute Gasteiger partial charge is 0.107 e. The predicted molar refractivity (Wildman–Crippen MR) is 59.9 cm³/mol. The summed E-state index contributed by atoms with van der Waals surface area (Å²) in [6.45, 7) is -0.441. The van der Waals surface area contributed by atoms with Crippen molar-refractivity contribution in [3.63, 3.8) is 0 Å². The highest BCUT2D eigenvalue weighted by molar-refractivity contribution is 7.17. The van der Waals surface area contributed by atoms with Gasteiger partial charge in [0.05, 0.1) is 6.61 Å². The van der Waals surface area contributed by atoms with Gasteiger partial charge in [0.2, 0.25) is 0 Å². The molecule has 0 radical (unpaired) electrons. The molecule has 0 saturated heterocycles. The Morgan fingerprint density at radius 3 is 2.73 bits per heavy atom. The van der Waals surface area contributed by atoms with Gasteiger partial charge in [-0.2, -0.15) is 0 Å². The zero-order valence-electron chi connectivity index (χ0n) is 8.00. The quantitative estimate of drug-likeness (QED) is 0.736. The van der Waals surface area contributed by atoms with Gasteiger partial charge in [0.15, 0.2) is 0 Å². The average molecular weight is 224 g/mol. The van der Waals surface area contributed by atoms with Crippen LogP contribution >= 0.6 is 11.3 Å². The van der Waals surface area contributed by atoms with Crippen LogP contribution in [0, 0.1) is 0 Å². The van der Waals surface area contributed by atoms with Crippen LogP contribution in [0.2, 0.25) is 0 Å². The van der Waals surface area contributed by atoms with Gasteiger partial charge in [-0.05, 0) is 28.5 Å². The fraction of sp³-hybridized carbons (Fsp3) is 0.273. The molecule has 0 fully saturated rings. The summed E-state index contributed by atoms with van der Waals surface area (Å²) in [4.78, 5) is 0. The molecule has 0 bridgehead atoms. The number of rotatable bonds is 3. The number of hydrogen-bond acceptors (Lipinski definition) is 4. The Morgan fingerprint density at radius 2 is 2.00 bits per heavy atom. The van der Waals surface area contributed by atoms with Crippen molar-refractivity contribution in [2.75, 3.05) is 6.61 Å². The lowest BCUT2D eigenvalue weighted by Gasteiger charge is -2.15. The largest absolute Gasteiger partial charge is 0.394 e. The van der Waals surface area contributed by atoms with E-state index in [0.717, 1.165) is 10.1 Å². The highest BCUT2D eigenvalue weighted by Crippen LogP contribution is 2.26. The van der Waals surface area contributed by atoms with Gasteiger partial charge < -0.3 is 15.3 Å². The molecule has 0 aliphatic rings. The molecule has 1 aromatic heterocycles. The third-order valence-corrected chi connectivity index (χ3v) is 3.25. The Hall–Kier alpha value is -0.940. The molecule has 2 atom stereocenters. The van der Waals surface area contributed by atoms with Crippen molar-refractivity contribution in [2.45, 2.75) is 12.2 Å². The van der Waals surface area contributed by atoms with E-state index in [0.29, 0.717) is 5.56 Å². The fourth-order valence-electron chi connectivity index (χ4n) is 1.48. The molecular formula is C11H12O3S. The molecule has 3 N–H and O–H groups in total. The normalized spacial score (nSPS) is 15.4. The third kappa shape index (κ3) is 2.03. The van der Waals surface area contributed by atoms with Crippen molar-refractivity contribution in [3.05, 3.63) is 35.2 Å². The average Bonchev–Trinajstić information content (AvgIpc) is 2.73. The fourth-order valence-corrected chi connectivity index (χ4v) is 2.31. The Balaban J connectivity index is 2.35. The van der Waals surface area contributed by atoms with Gasteiger partial charge in [0.25, 0.3) is 0 Å². The van der Waals surface area contributed by atoms with E-state index in [9.17, 15) is 10.2 Å². The number of thiophene rings is 1. The molecule has 2 aromatic rings. The maximum absolute atomic E-state index is 9.68. The second-order valence-corrected chi connectivity index (χ2v) is 4.36. The molecule has 0 amide bonds. The third-order valence-electron chi connectivity index (χ3n) is 2.37. The summed E-state index contributed by atoms with van der Waals surface area (Å²) in [6, 6.07) is 7.50. The van der Waals surface area contributed by atoms with Crippen LogP contribution < -0.4 is 0 Å². The molecule has 0 aliphatic carbocycles. The summed E-state index contributed by atoms with van der Waals surface area (Å²) in [5.41, 5.74) is 0.631. The highest BCUT2D eigenvalue weighted by atomic mass is 32.1. The SMILES string of the molecule is OCC(O)C(O)c1ccc2ccsc2c1. The Kier molecular flexibility index (Phi) is 3.02. The number of aliphatic hydroxyl groups is 3. The molecule has 2 rings (SSSR count). The van der Waals surface area contributed by atoms with Gasteiger partial charge in [-0.15, -0.1) is 11.3 Å². The minimum Gasteiger partial charge on any atom is -0.394 e. The molecular weight excluding hydrogens is 212 g/mol. The van der Waals surface area contributed by atoms with Crippen molar-refractivity contribution in [1.29, 1.82) is 0 Å². The molecule has 80 valence electrons. The Morgan fingerprint density at radius 1 is 1.20 bits per heavy atom. The first-order valence-corrected chi connectivity index (χ1v) is 5.54. The van der Waals surface area contributed by atoms with E-state index in [1.54, 1.807) is 17.4 Å². The molecule has 2 unspecified atom stereocenters.